The van der Waals surface area contributed by atoms with E-state index in [1.54, 1.807) is 18.7 Å². The predicted octanol–water partition coefficient (Wildman–Crippen LogP) is 0.633. The Hall–Kier alpha value is -1.10. The van der Waals surface area contributed by atoms with Gasteiger partial charge in [0.1, 0.15) is 5.54 Å². The van der Waals surface area contributed by atoms with Gasteiger partial charge >= 0.3 is 0 Å². The lowest BCUT2D eigenvalue weighted by molar-refractivity contribution is -0.149. The summed E-state index contributed by atoms with van der Waals surface area (Å²) in [6.45, 7) is 5.48. The molecule has 0 aliphatic carbocycles. The largest absolute Gasteiger partial charge is 0.352 e. The van der Waals surface area contributed by atoms with Crippen molar-refractivity contribution in [1.82, 2.24) is 10.2 Å². The Kier molecular flexibility index (Phi) is 5.59. The van der Waals surface area contributed by atoms with Crippen LogP contribution < -0.4 is 11.1 Å². The molecular weight excluding hydrogens is 230 g/mol. The molecule has 0 aromatic rings. The molecule has 5 heteroatoms. The third kappa shape index (κ3) is 3.70. The number of carbonyl (C=O) groups is 2. The second-order valence-electron chi connectivity index (χ2n) is 5.31. The van der Waals surface area contributed by atoms with Crippen molar-refractivity contribution in [2.24, 2.45) is 5.73 Å². The van der Waals surface area contributed by atoms with E-state index in [1.165, 1.54) is 0 Å². The molecule has 2 amide bonds. The molecule has 104 valence electrons. The Morgan fingerprint density at radius 2 is 2.00 bits per heavy atom. The van der Waals surface area contributed by atoms with Crippen molar-refractivity contribution in [3.8, 4) is 0 Å². The van der Waals surface area contributed by atoms with E-state index in [4.69, 9.17) is 5.73 Å². The summed E-state index contributed by atoms with van der Waals surface area (Å²) >= 11 is 0. The number of nitrogens with one attached hydrogen (secondary N) is 1. The summed E-state index contributed by atoms with van der Waals surface area (Å²) in [7, 11) is 0. The molecule has 0 aromatic heterocycles. The monoisotopic (exact) mass is 255 g/mol. The first-order valence-corrected chi connectivity index (χ1v) is 6.79. The highest BCUT2D eigenvalue weighted by atomic mass is 16.2. The molecule has 1 aliphatic rings. The summed E-state index contributed by atoms with van der Waals surface area (Å²) in [5.41, 5.74) is 4.70. The lowest BCUT2D eigenvalue weighted by Crippen LogP contribution is -2.63. The molecular formula is C13H25N3O2. The van der Waals surface area contributed by atoms with E-state index in [9.17, 15) is 9.59 Å². The molecule has 0 spiro atoms. The fraction of sp³-hybridized carbons (Fsp3) is 0.846. The summed E-state index contributed by atoms with van der Waals surface area (Å²) in [5.74, 6) is 0.0211. The number of piperazine rings is 1. The molecule has 1 rings (SSSR count). The van der Waals surface area contributed by atoms with Gasteiger partial charge in [-0.1, -0.05) is 12.8 Å². The SMILES string of the molecule is CC1(C)C(=O)NCCN1C(=O)CCCCCCN. The van der Waals surface area contributed by atoms with Crippen LogP contribution in [-0.2, 0) is 9.59 Å². The van der Waals surface area contributed by atoms with Gasteiger partial charge < -0.3 is 16.0 Å². The van der Waals surface area contributed by atoms with E-state index in [1.807, 2.05) is 0 Å². The van der Waals surface area contributed by atoms with Crippen LogP contribution in [0.5, 0.6) is 0 Å². The zero-order valence-corrected chi connectivity index (χ0v) is 11.5. The molecule has 1 fully saturated rings. The quantitative estimate of drug-likeness (QED) is 0.684. The Balaban J connectivity index is 2.38. The maximum Gasteiger partial charge on any atom is 0.245 e. The normalized spacial score (nSPS) is 18.6. The van der Waals surface area contributed by atoms with Crippen LogP contribution in [0.1, 0.15) is 46.0 Å². The number of hydrogen-bond acceptors (Lipinski definition) is 3. The van der Waals surface area contributed by atoms with Crippen molar-refractivity contribution in [2.45, 2.75) is 51.5 Å². The first kappa shape index (κ1) is 15.0. The van der Waals surface area contributed by atoms with Gasteiger partial charge in [-0.05, 0) is 33.2 Å². The number of amides is 2. The van der Waals surface area contributed by atoms with E-state index in [-0.39, 0.29) is 11.8 Å². The number of nitrogens with two attached hydrogens (primary N) is 1. The van der Waals surface area contributed by atoms with Crippen molar-refractivity contribution in [2.75, 3.05) is 19.6 Å². The van der Waals surface area contributed by atoms with Gasteiger partial charge in [0.15, 0.2) is 0 Å². The lowest BCUT2D eigenvalue weighted by atomic mass is 9.98. The van der Waals surface area contributed by atoms with E-state index in [2.05, 4.69) is 5.32 Å². The Morgan fingerprint density at radius 1 is 1.33 bits per heavy atom. The van der Waals surface area contributed by atoms with Gasteiger partial charge in [-0.25, -0.2) is 0 Å². The maximum absolute atomic E-state index is 12.1. The van der Waals surface area contributed by atoms with Crippen molar-refractivity contribution in [3.05, 3.63) is 0 Å². The van der Waals surface area contributed by atoms with Crippen molar-refractivity contribution < 1.29 is 9.59 Å². The number of hydrogen-bond donors (Lipinski definition) is 2. The average molecular weight is 255 g/mol. The van der Waals surface area contributed by atoms with Crippen LogP contribution in [0, 0.1) is 0 Å². The highest BCUT2D eigenvalue weighted by Crippen LogP contribution is 2.19. The third-order valence-corrected chi connectivity index (χ3v) is 3.50. The molecule has 0 aromatic carbocycles. The number of nitrogens with zero attached hydrogens (tertiary/aromatic N) is 1. The third-order valence-electron chi connectivity index (χ3n) is 3.50. The Bertz CT molecular complexity index is 303. The van der Waals surface area contributed by atoms with Crippen LogP contribution >= 0.6 is 0 Å². The molecule has 0 saturated carbocycles. The average Bonchev–Trinajstić information content (AvgIpc) is 2.32. The minimum atomic E-state index is -0.716. The van der Waals surface area contributed by atoms with E-state index in [0.717, 1.165) is 25.7 Å². The van der Waals surface area contributed by atoms with Gasteiger partial charge in [-0.2, -0.15) is 0 Å². The number of unbranched alkanes of at least 4 members (excludes halogenated alkanes) is 3. The molecule has 0 unspecified atom stereocenters. The summed E-state index contributed by atoms with van der Waals surface area (Å²) in [6, 6.07) is 0. The molecule has 18 heavy (non-hydrogen) atoms. The fourth-order valence-corrected chi connectivity index (χ4v) is 2.25. The van der Waals surface area contributed by atoms with Crippen molar-refractivity contribution >= 4 is 11.8 Å². The zero-order valence-electron chi connectivity index (χ0n) is 11.5. The van der Waals surface area contributed by atoms with Crippen LogP contribution in [0.25, 0.3) is 0 Å². The maximum atomic E-state index is 12.1. The van der Waals surface area contributed by atoms with Crippen LogP contribution in [-0.4, -0.2) is 41.9 Å². The summed E-state index contributed by atoms with van der Waals surface area (Å²) in [6.07, 6.45) is 4.54. The predicted molar refractivity (Wildman–Crippen MR) is 70.9 cm³/mol. The molecule has 1 aliphatic heterocycles. The number of carbonyl (C=O) groups excluding carboxylic acids is 2. The van der Waals surface area contributed by atoms with Crippen LogP contribution in [0.4, 0.5) is 0 Å². The Morgan fingerprint density at radius 3 is 2.67 bits per heavy atom. The minimum Gasteiger partial charge on any atom is -0.352 e. The molecule has 1 saturated heterocycles. The van der Waals surface area contributed by atoms with E-state index in [0.29, 0.717) is 26.1 Å². The fourth-order valence-electron chi connectivity index (χ4n) is 2.25. The lowest BCUT2D eigenvalue weighted by Gasteiger charge is -2.41. The van der Waals surface area contributed by atoms with Crippen molar-refractivity contribution in [3.63, 3.8) is 0 Å². The van der Waals surface area contributed by atoms with E-state index >= 15 is 0 Å². The molecule has 3 N–H and O–H groups in total. The molecule has 5 nitrogen and oxygen atoms in total. The van der Waals surface area contributed by atoms with Gasteiger partial charge in [-0.15, -0.1) is 0 Å². The molecule has 0 bridgehead atoms. The minimum absolute atomic E-state index is 0.0646. The number of rotatable bonds is 6. The van der Waals surface area contributed by atoms with Gasteiger partial charge in [0.2, 0.25) is 11.8 Å². The smallest absolute Gasteiger partial charge is 0.245 e. The standard InChI is InChI=1S/C13H25N3O2/c1-13(2)12(18)15-9-10-16(13)11(17)7-5-3-4-6-8-14/h3-10,14H2,1-2H3,(H,15,18). The van der Waals surface area contributed by atoms with Gasteiger partial charge in [0, 0.05) is 19.5 Å². The van der Waals surface area contributed by atoms with Gasteiger partial charge in [-0.3, -0.25) is 9.59 Å². The van der Waals surface area contributed by atoms with Crippen LogP contribution in [0.3, 0.4) is 0 Å². The highest BCUT2D eigenvalue weighted by molar-refractivity contribution is 5.91. The molecule has 0 atom stereocenters. The van der Waals surface area contributed by atoms with Crippen molar-refractivity contribution in [1.29, 1.82) is 0 Å². The first-order chi connectivity index (χ1) is 8.50. The van der Waals surface area contributed by atoms with Crippen LogP contribution in [0.15, 0.2) is 0 Å². The second-order valence-corrected chi connectivity index (χ2v) is 5.31. The van der Waals surface area contributed by atoms with E-state index < -0.39 is 5.54 Å². The second kappa shape index (κ2) is 6.73. The Labute approximate surface area is 109 Å². The summed E-state index contributed by atoms with van der Waals surface area (Å²) in [5, 5.41) is 2.79. The van der Waals surface area contributed by atoms with Gasteiger partial charge in [0.05, 0.1) is 0 Å². The molecule has 0 radical (unpaired) electrons. The molecule has 1 heterocycles. The summed E-state index contributed by atoms with van der Waals surface area (Å²) < 4.78 is 0. The van der Waals surface area contributed by atoms with Gasteiger partial charge in [0.25, 0.3) is 0 Å². The topological polar surface area (TPSA) is 75.4 Å². The zero-order chi connectivity index (χ0) is 13.6. The first-order valence-electron chi connectivity index (χ1n) is 6.79. The highest BCUT2D eigenvalue weighted by Gasteiger charge is 2.39. The van der Waals surface area contributed by atoms with Crippen LogP contribution in [0.2, 0.25) is 0 Å². The summed E-state index contributed by atoms with van der Waals surface area (Å²) in [4.78, 5) is 25.5.